The lowest BCUT2D eigenvalue weighted by molar-refractivity contribution is -0.127. The van der Waals surface area contributed by atoms with E-state index in [1.54, 1.807) is 17.6 Å². The average Bonchev–Trinajstić information content (AvgIpc) is 3.38. The summed E-state index contributed by atoms with van der Waals surface area (Å²) in [5.74, 6) is 0.731. The smallest absolute Gasteiger partial charge is 0.219 e. The molecular weight excluding hydrogens is 432 g/mol. The molecular formula is C21H19BrN6O. The average molecular weight is 451 g/mol. The highest BCUT2D eigenvalue weighted by Gasteiger charge is 2.30. The third-order valence-electron chi connectivity index (χ3n) is 5.57. The van der Waals surface area contributed by atoms with Gasteiger partial charge in [0.1, 0.15) is 5.82 Å². The Labute approximate surface area is 175 Å². The molecule has 2 N–H and O–H groups in total. The van der Waals surface area contributed by atoms with Gasteiger partial charge in [0.25, 0.3) is 0 Å². The van der Waals surface area contributed by atoms with Crippen molar-refractivity contribution in [1.82, 2.24) is 24.5 Å². The largest absolute Gasteiger partial charge is 0.383 e. The van der Waals surface area contributed by atoms with Gasteiger partial charge < -0.3 is 10.6 Å². The summed E-state index contributed by atoms with van der Waals surface area (Å²) >= 11 is 3.60. The molecule has 8 heteroatoms. The van der Waals surface area contributed by atoms with E-state index in [2.05, 4.69) is 32.1 Å². The highest BCUT2D eigenvalue weighted by molar-refractivity contribution is 9.10. The third-order valence-corrected chi connectivity index (χ3v) is 6.38. The maximum Gasteiger partial charge on any atom is 0.219 e. The molecule has 1 fully saturated rings. The number of halogens is 1. The highest BCUT2D eigenvalue weighted by Crippen LogP contribution is 2.36. The molecule has 1 unspecified atom stereocenters. The van der Waals surface area contributed by atoms with Gasteiger partial charge in [-0.3, -0.25) is 9.78 Å². The number of para-hydroxylation sites is 1. The molecule has 0 saturated carbocycles. The van der Waals surface area contributed by atoms with E-state index in [0.29, 0.717) is 18.0 Å². The summed E-state index contributed by atoms with van der Waals surface area (Å²) in [6.07, 6.45) is 4.48. The van der Waals surface area contributed by atoms with Crippen molar-refractivity contribution in [3.05, 3.63) is 52.9 Å². The number of carbonyl (C=O) groups is 1. The fraction of sp³-hybridized carbons (Fsp3) is 0.238. The summed E-state index contributed by atoms with van der Waals surface area (Å²) < 4.78 is 2.39. The maximum atomic E-state index is 11.7. The molecule has 29 heavy (non-hydrogen) atoms. The lowest BCUT2D eigenvalue weighted by atomic mass is 10.0. The molecule has 4 aromatic rings. The van der Waals surface area contributed by atoms with E-state index in [-0.39, 0.29) is 11.8 Å². The van der Waals surface area contributed by atoms with Gasteiger partial charge in [-0.2, -0.15) is 9.61 Å². The molecule has 3 aromatic heterocycles. The van der Waals surface area contributed by atoms with Crippen LogP contribution in [0.4, 0.5) is 5.82 Å². The molecule has 1 aliphatic heterocycles. The van der Waals surface area contributed by atoms with Crippen molar-refractivity contribution in [2.45, 2.75) is 19.3 Å². The number of aromatic nitrogens is 4. The summed E-state index contributed by atoms with van der Waals surface area (Å²) in [7, 11) is 0. The van der Waals surface area contributed by atoms with Gasteiger partial charge in [-0.15, -0.1) is 0 Å². The standard InChI is InChI=1S/C21H19BrN6O/c1-12(29)27-7-6-14(11-27)19-18(22)20(23)28-21(26-19)16(10-25-28)15-8-13-4-2-3-5-17(13)24-9-15/h2-5,8-10,14H,6-7,11,23H2,1H3. The molecule has 5 rings (SSSR count). The Morgan fingerprint density at radius 1 is 1.28 bits per heavy atom. The van der Waals surface area contributed by atoms with Crippen molar-refractivity contribution in [3.8, 4) is 11.1 Å². The normalized spacial score (nSPS) is 16.8. The Bertz CT molecular complexity index is 1270. The quantitative estimate of drug-likeness (QED) is 0.503. The van der Waals surface area contributed by atoms with Gasteiger partial charge in [0.05, 0.1) is 21.9 Å². The summed E-state index contributed by atoms with van der Waals surface area (Å²) in [5.41, 5.74) is 10.7. The topological polar surface area (TPSA) is 89.4 Å². The highest BCUT2D eigenvalue weighted by atomic mass is 79.9. The zero-order valence-corrected chi connectivity index (χ0v) is 17.4. The maximum absolute atomic E-state index is 11.7. The lowest BCUT2D eigenvalue weighted by Crippen LogP contribution is -2.25. The first-order chi connectivity index (χ1) is 14.0. The summed E-state index contributed by atoms with van der Waals surface area (Å²) in [6.45, 7) is 2.99. The molecule has 146 valence electrons. The minimum absolute atomic E-state index is 0.0879. The van der Waals surface area contributed by atoms with Gasteiger partial charge in [0, 0.05) is 48.6 Å². The van der Waals surface area contributed by atoms with Crippen LogP contribution in [0.3, 0.4) is 0 Å². The van der Waals surface area contributed by atoms with Crippen LogP contribution >= 0.6 is 15.9 Å². The minimum Gasteiger partial charge on any atom is -0.383 e. The van der Waals surface area contributed by atoms with Gasteiger partial charge >= 0.3 is 0 Å². The van der Waals surface area contributed by atoms with E-state index in [1.165, 1.54) is 0 Å². The van der Waals surface area contributed by atoms with Gasteiger partial charge in [-0.05, 0) is 34.5 Å². The van der Waals surface area contributed by atoms with Crippen LogP contribution in [-0.4, -0.2) is 43.5 Å². The predicted molar refractivity (Wildman–Crippen MR) is 115 cm³/mol. The number of fused-ring (bicyclic) bond motifs is 2. The fourth-order valence-corrected chi connectivity index (χ4v) is 4.56. The first kappa shape index (κ1) is 18.1. The van der Waals surface area contributed by atoms with Crippen molar-refractivity contribution < 1.29 is 4.79 Å². The van der Waals surface area contributed by atoms with Crippen molar-refractivity contribution in [2.24, 2.45) is 0 Å². The van der Waals surface area contributed by atoms with E-state index in [4.69, 9.17) is 10.7 Å². The lowest BCUT2D eigenvalue weighted by Gasteiger charge is -2.16. The van der Waals surface area contributed by atoms with Crippen molar-refractivity contribution in [2.75, 3.05) is 18.8 Å². The Balaban J connectivity index is 1.64. The van der Waals surface area contributed by atoms with Crippen molar-refractivity contribution >= 4 is 44.2 Å². The molecule has 0 aliphatic carbocycles. The van der Waals surface area contributed by atoms with Crippen LogP contribution < -0.4 is 5.73 Å². The molecule has 0 bridgehead atoms. The van der Waals surface area contributed by atoms with E-state index >= 15 is 0 Å². The fourth-order valence-electron chi connectivity index (χ4n) is 3.98. The first-order valence-corrected chi connectivity index (χ1v) is 10.3. The van der Waals surface area contributed by atoms with E-state index < -0.39 is 0 Å². The van der Waals surface area contributed by atoms with Gasteiger partial charge in [0.15, 0.2) is 5.65 Å². The molecule has 1 amide bonds. The van der Waals surface area contributed by atoms with Crippen LogP contribution in [0, 0.1) is 0 Å². The molecule has 7 nitrogen and oxygen atoms in total. The predicted octanol–water partition coefficient (Wildman–Crippen LogP) is 3.63. The van der Waals surface area contributed by atoms with Crippen LogP contribution in [0.2, 0.25) is 0 Å². The van der Waals surface area contributed by atoms with Crippen LogP contribution in [0.15, 0.2) is 47.2 Å². The Morgan fingerprint density at radius 2 is 2.10 bits per heavy atom. The van der Waals surface area contributed by atoms with Crippen LogP contribution in [0.25, 0.3) is 27.7 Å². The van der Waals surface area contributed by atoms with Crippen LogP contribution in [0.1, 0.15) is 25.0 Å². The Morgan fingerprint density at radius 3 is 2.90 bits per heavy atom. The third kappa shape index (κ3) is 2.95. The second kappa shape index (κ2) is 6.81. The van der Waals surface area contributed by atoms with Gasteiger partial charge in [0.2, 0.25) is 5.91 Å². The number of likely N-dealkylation sites (tertiary alicyclic amines) is 1. The second-order valence-electron chi connectivity index (χ2n) is 7.36. The number of amides is 1. The number of pyridine rings is 1. The number of nitrogens with two attached hydrogens (primary N) is 1. The summed E-state index contributed by atoms with van der Waals surface area (Å²) in [4.78, 5) is 23.1. The molecule has 1 atom stereocenters. The summed E-state index contributed by atoms with van der Waals surface area (Å²) in [5, 5.41) is 5.51. The number of hydrogen-bond acceptors (Lipinski definition) is 5. The number of rotatable bonds is 2. The number of carbonyl (C=O) groups excluding carboxylic acids is 1. The second-order valence-corrected chi connectivity index (χ2v) is 8.15. The van der Waals surface area contributed by atoms with Crippen LogP contribution in [-0.2, 0) is 4.79 Å². The molecule has 1 aromatic carbocycles. The number of nitrogen functional groups attached to an aromatic ring is 1. The zero-order chi connectivity index (χ0) is 20.1. The number of benzene rings is 1. The first-order valence-electron chi connectivity index (χ1n) is 9.46. The van der Waals surface area contributed by atoms with Gasteiger partial charge in [-0.25, -0.2) is 4.98 Å². The number of nitrogens with zero attached hydrogens (tertiary/aromatic N) is 5. The number of hydrogen-bond donors (Lipinski definition) is 1. The molecule has 1 saturated heterocycles. The molecule has 0 spiro atoms. The Kier molecular flexibility index (Phi) is 4.24. The summed E-state index contributed by atoms with van der Waals surface area (Å²) in [6, 6.07) is 10.1. The van der Waals surface area contributed by atoms with E-state index in [9.17, 15) is 4.79 Å². The number of anilines is 1. The molecule has 0 radical (unpaired) electrons. The van der Waals surface area contributed by atoms with E-state index in [1.807, 2.05) is 35.4 Å². The van der Waals surface area contributed by atoms with Crippen molar-refractivity contribution in [1.29, 1.82) is 0 Å². The van der Waals surface area contributed by atoms with Crippen molar-refractivity contribution in [3.63, 3.8) is 0 Å². The monoisotopic (exact) mass is 450 g/mol. The van der Waals surface area contributed by atoms with Crippen LogP contribution in [0.5, 0.6) is 0 Å². The molecule has 1 aliphatic rings. The zero-order valence-electron chi connectivity index (χ0n) is 15.8. The van der Waals surface area contributed by atoms with E-state index in [0.717, 1.165) is 45.2 Å². The minimum atomic E-state index is 0.0879. The van der Waals surface area contributed by atoms with Gasteiger partial charge in [-0.1, -0.05) is 18.2 Å². The SMILES string of the molecule is CC(=O)N1CCC(c2nc3c(-c4cnc5ccccc5c4)cnn3c(N)c2Br)C1. The Hall–Kier alpha value is -3.00. The molecule has 4 heterocycles.